The van der Waals surface area contributed by atoms with E-state index < -0.39 is 5.92 Å². The molecule has 33 heavy (non-hydrogen) atoms. The Morgan fingerprint density at radius 2 is 1.94 bits per heavy atom. The van der Waals surface area contributed by atoms with Gasteiger partial charge in [-0.1, -0.05) is 36.4 Å². The molecule has 1 aromatic heterocycles. The predicted molar refractivity (Wildman–Crippen MR) is 133 cm³/mol. The van der Waals surface area contributed by atoms with Gasteiger partial charge in [0.15, 0.2) is 10.9 Å². The number of rotatable bonds is 5. The molecule has 0 aliphatic heterocycles. The minimum atomic E-state index is -0.428. The first-order valence-corrected chi connectivity index (χ1v) is 12.0. The number of nitrogen functional groups attached to an aromatic ring is 1. The van der Waals surface area contributed by atoms with Gasteiger partial charge in [-0.05, 0) is 42.9 Å². The third-order valence-electron chi connectivity index (χ3n) is 6.28. The molecule has 1 amide bonds. The Bertz CT molecular complexity index is 1130. The summed E-state index contributed by atoms with van der Waals surface area (Å²) in [6.45, 7) is 0.195. The highest BCUT2D eigenvalue weighted by Crippen LogP contribution is 2.29. The average Bonchev–Trinajstić information content (AvgIpc) is 3.25. The zero-order valence-corrected chi connectivity index (χ0v) is 19.2. The van der Waals surface area contributed by atoms with Crippen molar-refractivity contribution in [1.82, 2.24) is 4.98 Å². The van der Waals surface area contributed by atoms with E-state index in [0.29, 0.717) is 36.5 Å². The van der Waals surface area contributed by atoms with Crippen LogP contribution in [0.15, 0.2) is 53.9 Å². The molecular formula is C25H29N5O2S. The molecule has 7 N–H and O–H groups in total. The number of hydrogen-bond donors (Lipinski definition) is 4. The summed E-state index contributed by atoms with van der Waals surface area (Å²) >= 11 is 1.39. The Hall–Kier alpha value is -3.07. The van der Waals surface area contributed by atoms with Crippen LogP contribution in [-0.2, 0) is 11.2 Å². The Balaban J connectivity index is 1.46. The van der Waals surface area contributed by atoms with Gasteiger partial charge >= 0.3 is 0 Å². The molecule has 172 valence electrons. The van der Waals surface area contributed by atoms with Gasteiger partial charge in [0.2, 0.25) is 5.91 Å². The highest BCUT2D eigenvalue weighted by Gasteiger charge is 2.31. The number of carbonyl (C=O) groups is 2. The molecule has 7 nitrogen and oxygen atoms in total. The van der Waals surface area contributed by atoms with Crippen molar-refractivity contribution < 1.29 is 9.59 Å². The molecule has 0 fully saturated rings. The van der Waals surface area contributed by atoms with Crippen LogP contribution in [-0.4, -0.2) is 29.3 Å². The van der Waals surface area contributed by atoms with Gasteiger partial charge in [-0.15, -0.1) is 11.3 Å². The molecule has 0 spiro atoms. The maximum atomic E-state index is 13.1. The Labute approximate surface area is 197 Å². The van der Waals surface area contributed by atoms with Crippen LogP contribution in [0.1, 0.15) is 35.2 Å². The van der Waals surface area contributed by atoms with Crippen LogP contribution in [0.5, 0.6) is 0 Å². The van der Waals surface area contributed by atoms with Crippen molar-refractivity contribution in [3.05, 3.63) is 65.0 Å². The second-order valence-electron chi connectivity index (χ2n) is 8.56. The zero-order valence-electron chi connectivity index (χ0n) is 18.4. The summed E-state index contributed by atoms with van der Waals surface area (Å²) in [5.74, 6) is -0.549. The number of aromatic nitrogens is 1. The molecule has 1 aliphatic carbocycles. The number of Topliss-reactive ketones (excluding diaryl/α,β-unsaturated/α-hetero) is 1. The molecule has 0 bridgehead atoms. The zero-order chi connectivity index (χ0) is 23.4. The third kappa shape index (κ3) is 5.47. The SMILES string of the molecule is NCC(C(=O)Nc1ccc(-c2csc(N)n2)cc1)C1CCC(=O)c2ccccc2CC(N)C1. The van der Waals surface area contributed by atoms with E-state index in [1.165, 1.54) is 11.3 Å². The summed E-state index contributed by atoms with van der Waals surface area (Å²) in [4.78, 5) is 30.2. The molecule has 2 aromatic carbocycles. The minimum absolute atomic E-state index is 0.0690. The van der Waals surface area contributed by atoms with Gasteiger partial charge in [-0.3, -0.25) is 9.59 Å². The number of fused-ring (bicyclic) bond motifs is 1. The fourth-order valence-electron chi connectivity index (χ4n) is 4.55. The van der Waals surface area contributed by atoms with Gasteiger partial charge in [0, 0.05) is 41.2 Å². The molecular weight excluding hydrogens is 434 g/mol. The molecule has 1 heterocycles. The molecule has 3 aromatic rings. The molecule has 4 rings (SSSR count). The van der Waals surface area contributed by atoms with E-state index in [9.17, 15) is 9.59 Å². The number of benzene rings is 2. The first-order valence-electron chi connectivity index (χ1n) is 11.1. The van der Waals surface area contributed by atoms with Crippen molar-refractivity contribution in [3.8, 4) is 11.3 Å². The number of nitrogens with zero attached hydrogens (tertiary/aromatic N) is 1. The van der Waals surface area contributed by atoms with E-state index >= 15 is 0 Å². The molecule has 1 aliphatic rings. The van der Waals surface area contributed by atoms with Crippen LogP contribution < -0.4 is 22.5 Å². The van der Waals surface area contributed by atoms with E-state index in [0.717, 1.165) is 22.4 Å². The van der Waals surface area contributed by atoms with Crippen LogP contribution in [0.2, 0.25) is 0 Å². The van der Waals surface area contributed by atoms with Gasteiger partial charge in [0.25, 0.3) is 0 Å². The van der Waals surface area contributed by atoms with Crippen molar-refractivity contribution in [2.24, 2.45) is 23.3 Å². The van der Waals surface area contributed by atoms with Crippen molar-refractivity contribution in [2.75, 3.05) is 17.6 Å². The second-order valence-corrected chi connectivity index (χ2v) is 9.45. The lowest BCUT2D eigenvalue weighted by Crippen LogP contribution is -2.38. The lowest BCUT2D eigenvalue weighted by molar-refractivity contribution is -0.121. The van der Waals surface area contributed by atoms with Gasteiger partial charge in [0.1, 0.15) is 0 Å². The number of hydrogen-bond acceptors (Lipinski definition) is 7. The number of nitrogens with two attached hydrogens (primary N) is 3. The lowest BCUT2D eigenvalue weighted by atomic mass is 9.82. The summed E-state index contributed by atoms with van der Waals surface area (Å²) in [7, 11) is 0. The van der Waals surface area contributed by atoms with Crippen molar-refractivity contribution in [3.63, 3.8) is 0 Å². The van der Waals surface area contributed by atoms with E-state index in [-0.39, 0.29) is 30.2 Å². The summed E-state index contributed by atoms with van der Waals surface area (Å²) < 4.78 is 0. The Morgan fingerprint density at radius 3 is 2.64 bits per heavy atom. The third-order valence-corrected chi connectivity index (χ3v) is 6.95. The van der Waals surface area contributed by atoms with Gasteiger partial charge < -0.3 is 22.5 Å². The summed E-state index contributed by atoms with van der Waals surface area (Å²) in [5.41, 5.74) is 22.3. The van der Waals surface area contributed by atoms with Gasteiger partial charge in [-0.25, -0.2) is 4.98 Å². The minimum Gasteiger partial charge on any atom is -0.375 e. The largest absolute Gasteiger partial charge is 0.375 e. The van der Waals surface area contributed by atoms with Crippen LogP contribution in [0.4, 0.5) is 10.8 Å². The molecule has 0 saturated heterocycles. The molecule has 3 atom stereocenters. The quantitative estimate of drug-likeness (QED) is 0.457. The van der Waals surface area contributed by atoms with Crippen LogP contribution in [0, 0.1) is 11.8 Å². The first kappa shape index (κ1) is 23.1. The maximum absolute atomic E-state index is 13.1. The van der Waals surface area contributed by atoms with Crippen LogP contribution >= 0.6 is 11.3 Å². The summed E-state index contributed by atoms with van der Waals surface area (Å²) in [6, 6.07) is 15.0. The Morgan fingerprint density at radius 1 is 1.18 bits per heavy atom. The number of anilines is 2. The number of thiazole rings is 1. The standard InChI is InChI=1S/C25H29N5O2S/c26-13-21(17-7-10-23(31)20-4-2-1-3-16(20)11-18(27)12-17)24(32)29-19-8-5-15(6-9-19)22-14-33-25(28)30-22/h1-6,8-9,14,17-18,21H,7,10-13,26-27H2,(H2,28,30)(H,29,32). The summed E-state index contributed by atoms with van der Waals surface area (Å²) in [5, 5.41) is 5.39. The van der Waals surface area contributed by atoms with E-state index in [1.807, 2.05) is 53.9 Å². The maximum Gasteiger partial charge on any atom is 0.229 e. The van der Waals surface area contributed by atoms with Crippen molar-refractivity contribution >= 4 is 33.8 Å². The summed E-state index contributed by atoms with van der Waals surface area (Å²) in [6.07, 6.45) is 2.21. The van der Waals surface area contributed by atoms with Crippen LogP contribution in [0.3, 0.4) is 0 Å². The smallest absolute Gasteiger partial charge is 0.229 e. The van der Waals surface area contributed by atoms with Crippen molar-refractivity contribution in [1.29, 1.82) is 0 Å². The van der Waals surface area contributed by atoms with E-state index in [2.05, 4.69) is 10.3 Å². The monoisotopic (exact) mass is 463 g/mol. The lowest BCUT2D eigenvalue weighted by Gasteiger charge is -2.27. The van der Waals surface area contributed by atoms with Crippen LogP contribution in [0.25, 0.3) is 11.3 Å². The first-order chi connectivity index (χ1) is 15.9. The van der Waals surface area contributed by atoms with Crippen molar-refractivity contribution in [2.45, 2.75) is 31.7 Å². The van der Waals surface area contributed by atoms with E-state index in [4.69, 9.17) is 17.2 Å². The fourth-order valence-corrected chi connectivity index (χ4v) is 5.12. The Kier molecular flexibility index (Phi) is 7.17. The number of carbonyl (C=O) groups excluding carboxylic acids is 2. The average molecular weight is 464 g/mol. The number of nitrogens with one attached hydrogen (secondary N) is 1. The van der Waals surface area contributed by atoms with Gasteiger partial charge in [0.05, 0.1) is 11.6 Å². The number of ketones is 1. The predicted octanol–water partition coefficient (Wildman–Crippen LogP) is 3.46. The number of amides is 1. The highest BCUT2D eigenvalue weighted by atomic mass is 32.1. The van der Waals surface area contributed by atoms with Gasteiger partial charge in [-0.2, -0.15) is 0 Å². The second kappa shape index (κ2) is 10.2. The van der Waals surface area contributed by atoms with E-state index in [1.54, 1.807) is 0 Å². The molecule has 0 radical (unpaired) electrons. The molecule has 3 unspecified atom stereocenters. The molecule has 8 heteroatoms. The fraction of sp³-hybridized carbons (Fsp3) is 0.320. The highest BCUT2D eigenvalue weighted by molar-refractivity contribution is 7.13. The normalized spacial score (nSPS) is 19.6. The topological polar surface area (TPSA) is 137 Å². The molecule has 0 saturated carbocycles.